The molecule has 0 aliphatic rings. The van der Waals surface area contributed by atoms with Gasteiger partial charge in [0.05, 0.1) is 24.4 Å². The van der Waals surface area contributed by atoms with Crippen LogP contribution < -0.4 is 19.6 Å². The topological polar surface area (TPSA) is 69.2 Å². The van der Waals surface area contributed by atoms with Crippen molar-refractivity contribution in [3.05, 3.63) is 86.1 Å². The van der Waals surface area contributed by atoms with Crippen LogP contribution in [0.1, 0.15) is 28.4 Å². The SMILES string of the molecule is CCOc1cc(C(=O)N/N=C/c2cc(Br)cc(Br)c2OCc2cccc(F)c2)ccc1OC. The summed E-state index contributed by atoms with van der Waals surface area (Å²) in [6, 6.07) is 14.7. The van der Waals surface area contributed by atoms with E-state index in [-0.39, 0.29) is 12.4 Å². The van der Waals surface area contributed by atoms with Crippen molar-refractivity contribution >= 4 is 44.0 Å². The minimum absolute atomic E-state index is 0.164. The highest BCUT2D eigenvalue weighted by Gasteiger charge is 2.12. The second kappa shape index (κ2) is 11.8. The molecule has 0 aliphatic heterocycles. The highest BCUT2D eigenvalue weighted by molar-refractivity contribution is 9.11. The Bertz CT molecular complexity index is 1170. The number of carbonyl (C=O) groups is 1. The first kappa shape index (κ1) is 24.7. The number of methoxy groups -OCH3 is 1. The van der Waals surface area contributed by atoms with E-state index < -0.39 is 5.91 Å². The standard InChI is InChI=1S/C24H21Br2FN2O4/c1-3-32-22-11-16(7-8-21(22)31-2)24(30)29-28-13-17-10-18(25)12-20(26)23(17)33-14-15-5-4-6-19(27)9-15/h4-13H,3,14H2,1-2H3,(H,29,30)/b28-13+. The molecule has 0 fully saturated rings. The van der Waals surface area contributed by atoms with Crippen LogP contribution in [0.4, 0.5) is 4.39 Å². The van der Waals surface area contributed by atoms with E-state index in [0.717, 1.165) is 4.47 Å². The molecule has 0 heterocycles. The fourth-order valence-corrected chi connectivity index (χ4v) is 4.29. The second-order valence-corrected chi connectivity index (χ2v) is 8.49. The fraction of sp³-hybridized carbons (Fsp3) is 0.167. The van der Waals surface area contributed by atoms with Gasteiger partial charge in [0.15, 0.2) is 11.5 Å². The first-order chi connectivity index (χ1) is 15.9. The van der Waals surface area contributed by atoms with Gasteiger partial charge in [0.25, 0.3) is 5.91 Å². The zero-order valence-corrected chi connectivity index (χ0v) is 21.1. The second-order valence-electron chi connectivity index (χ2n) is 6.72. The summed E-state index contributed by atoms with van der Waals surface area (Å²) in [5.41, 5.74) is 4.16. The molecule has 0 saturated heterocycles. The van der Waals surface area contributed by atoms with Crippen molar-refractivity contribution in [2.24, 2.45) is 5.10 Å². The van der Waals surface area contributed by atoms with Crippen LogP contribution in [0.2, 0.25) is 0 Å². The average Bonchev–Trinajstić information content (AvgIpc) is 2.78. The van der Waals surface area contributed by atoms with Crippen molar-refractivity contribution in [1.29, 1.82) is 0 Å². The highest BCUT2D eigenvalue weighted by atomic mass is 79.9. The van der Waals surface area contributed by atoms with Gasteiger partial charge in [-0.2, -0.15) is 5.10 Å². The molecular weight excluding hydrogens is 559 g/mol. The van der Waals surface area contributed by atoms with Crippen molar-refractivity contribution in [1.82, 2.24) is 5.43 Å². The minimum atomic E-state index is -0.411. The van der Waals surface area contributed by atoms with E-state index in [4.69, 9.17) is 14.2 Å². The monoisotopic (exact) mass is 578 g/mol. The van der Waals surface area contributed by atoms with Crippen molar-refractivity contribution < 1.29 is 23.4 Å². The number of benzene rings is 3. The van der Waals surface area contributed by atoms with E-state index in [1.165, 1.54) is 25.5 Å². The molecule has 0 aromatic heterocycles. The van der Waals surface area contributed by atoms with Gasteiger partial charge in [0.1, 0.15) is 18.2 Å². The van der Waals surface area contributed by atoms with Crippen LogP contribution in [0.5, 0.6) is 17.2 Å². The number of hydrogen-bond donors (Lipinski definition) is 1. The molecule has 33 heavy (non-hydrogen) atoms. The average molecular weight is 580 g/mol. The summed E-state index contributed by atoms with van der Waals surface area (Å²) in [5.74, 6) is 0.771. The molecular formula is C24H21Br2FN2O4. The molecule has 0 radical (unpaired) electrons. The fourth-order valence-electron chi connectivity index (χ4n) is 2.92. The Labute approximate surface area is 208 Å². The summed E-state index contributed by atoms with van der Waals surface area (Å²) in [7, 11) is 1.53. The number of halogens is 3. The number of carbonyl (C=O) groups excluding carboxylic acids is 1. The molecule has 6 nitrogen and oxygen atoms in total. The number of nitrogens with zero attached hydrogens (tertiary/aromatic N) is 1. The minimum Gasteiger partial charge on any atom is -0.493 e. The Hall–Kier alpha value is -2.91. The van der Waals surface area contributed by atoms with Gasteiger partial charge in [-0.1, -0.05) is 28.1 Å². The molecule has 0 spiro atoms. The lowest BCUT2D eigenvalue weighted by Crippen LogP contribution is -2.18. The van der Waals surface area contributed by atoms with Crippen molar-refractivity contribution in [3.63, 3.8) is 0 Å². The Morgan fingerprint density at radius 1 is 1.09 bits per heavy atom. The van der Waals surface area contributed by atoms with E-state index in [0.29, 0.717) is 45.0 Å². The molecule has 9 heteroatoms. The summed E-state index contributed by atoms with van der Waals surface area (Å²) in [5, 5.41) is 4.07. The predicted molar refractivity (Wildman–Crippen MR) is 132 cm³/mol. The van der Waals surface area contributed by atoms with E-state index in [1.54, 1.807) is 36.4 Å². The number of hydrazone groups is 1. The van der Waals surface area contributed by atoms with E-state index in [1.807, 2.05) is 13.0 Å². The summed E-state index contributed by atoms with van der Waals surface area (Å²) < 4.78 is 31.6. The van der Waals surface area contributed by atoms with Crippen LogP contribution in [0.15, 0.2) is 68.6 Å². The quantitative estimate of drug-likeness (QED) is 0.246. The molecule has 0 atom stereocenters. The summed E-state index contributed by atoms with van der Waals surface area (Å²) in [6.07, 6.45) is 1.47. The summed E-state index contributed by atoms with van der Waals surface area (Å²) >= 11 is 6.91. The first-order valence-electron chi connectivity index (χ1n) is 9.91. The zero-order valence-electron chi connectivity index (χ0n) is 17.9. The van der Waals surface area contributed by atoms with Crippen molar-refractivity contribution in [3.8, 4) is 17.2 Å². The molecule has 0 saturated carbocycles. The normalized spacial score (nSPS) is 10.8. The number of hydrogen-bond acceptors (Lipinski definition) is 5. The van der Waals surface area contributed by atoms with Crippen LogP contribution in [-0.4, -0.2) is 25.8 Å². The van der Waals surface area contributed by atoms with E-state index in [2.05, 4.69) is 42.4 Å². The first-order valence-corrected chi connectivity index (χ1v) is 11.5. The van der Waals surface area contributed by atoms with Crippen molar-refractivity contribution in [2.45, 2.75) is 13.5 Å². The Morgan fingerprint density at radius 3 is 2.64 bits per heavy atom. The van der Waals surface area contributed by atoms with Crippen LogP contribution in [0.3, 0.4) is 0 Å². The maximum absolute atomic E-state index is 13.4. The highest BCUT2D eigenvalue weighted by Crippen LogP contribution is 2.33. The third-order valence-electron chi connectivity index (χ3n) is 4.40. The van der Waals surface area contributed by atoms with Crippen LogP contribution >= 0.6 is 31.9 Å². The van der Waals surface area contributed by atoms with Gasteiger partial charge in [-0.3, -0.25) is 4.79 Å². The van der Waals surface area contributed by atoms with Crippen LogP contribution in [-0.2, 0) is 6.61 Å². The lowest BCUT2D eigenvalue weighted by Gasteiger charge is -2.12. The molecule has 0 unspecified atom stereocenters. The molecule has 3 rings (SSSR count). The van der Waals surface area contributed by atoms with Crippen molar-refractivity contribution in [2.75, 3.05) is 13.7 Å². The maximum Gasteiger partial charge on any atom is 0.271 e. The molecule has 3 aromatic rings. The van der Waals surface area contributed by atoms with Gasteiger partial charge in [-0.25, -0.2) is 9.82 Å². The Balaban J connectivity index is 1.75. The molecule has 0 bridgehead atoms. The predicted octanol–water partition coefficient (Wildman–Crippen LogP) is 6.10. The summed E-state index contributed by atoms with van der Waals surface area (Å²) in [6.45, 7) is 2.45. The number of amides is 1. The third kappa shape index (κ3) is 6.79. The molecule has 1 amide bonds. The number of nitrogens with one attached hydrogen (secondary N) is 1. The van der Waals surface area contributed by atoms with E-state index >= 15 is 0 Å². The van der Waals surface area contributed by atoms with Gasteiger partial charge in [-0.05, 0) is 70.9 Å². The zero-order chi connectivity index (χ0) is 23.8. The van der Waals surface area contributed by atoms with Gasteiger partial charge >= 0.3 is 0 Å². The summed E-state index contributed by atoms with van der Waals surface area (Å²) in [4.78, 5) is 12.5. The number of rotatable bonds is 9. The van der Waals surface area contributed by atoms with Gasteiger partial charge < -0.3 is 14.2 Å². The smallest absolute Gasteiger partial charge is 0.271 e. The Kier molecular flexibility index (Phi) is 8.85. The van der Waals surface area contributed by atoms with Gasteiger partial charge in [0.2, 0.25) is 0 Å². The number of ether oxygens (including phenoxy) is 3. The largest absolute Gasteiger partial charge is 0.493 e. The van der Waals surface area contributed by atoms with E-state index in [9.17, 15) is 9.18 Å². The van der Waals surface area contributed by atoms with Gasteiger partial charge in [-0.15, -0.1) is 0 Å². The molecule has 3 aromatic carbocycles. The van der Waals surface area contributed by atoms with Crippen LogP contribution in [0, 0.1) is 5.82 Å². The lowest BCUT2D eigenvalue weighted by atomic mass is 10.2. The van der Waals surface area contributed by atoms with Gasteiger partial charge in [0, 0.05) is 15.6 Å². The molecule has 172 valence electrons. The lowest BCUT2D eigenvalue weighted by molar-refractivity contribution is 0.0954. The molecule has 1 N–H and O–H groups in total. The molecule has 0 aliphatic carbocycles. The van der Waals surface area contributed by atoms with Crippen LogP contribution in [0.25, 0.3) is 0 Å². The maximum atomic E-state index is 13.4. The Morgan fingerprint density at radius 2 is 1.91 bits per heavy atom. The third-order valence-corrected chi connectivity index (χ3v) is 5.45.